The van der Waals surface area contributed by atoms with E-state index in [0.717, 1.165) is 6.42 Å². The van der Waals surface area contributed by atoms with Crippen LogP contribution in [-0.2, 0) is 11.3 Å². The zero-order chi connectivity index (χ0) is 11.8. The molecule has 5 nitrogen and oxygen atoms in total. The minimum atomic E-state index is -0.00222. The molecule has 1 amide bonds. The number of aromatic nitrogens is 3. The number of hydrogen-bond donors (Lipinski definition) is 1. The molecule has 1 aromatic heterocycles. The fraction of sp³-hybridized carbons (Fsp3) is 0.545. The van der Waals surface area contributed by atoms with E-state index >= 15 is 0 Å². The molecular weight excluding hydrogens is 204 g/mol. The summed E-state index contributed by atoms with van der Waals surface area (Å²) in [5.41, 5.74) is 0. The first kappa shape index (κ1) is 12.2. The summed E-state index contributed by atoms with van der Waals surface area (Å²) in [6, 6.07) is 0.0771. The Morgan fingerprint density at radius 3 is 3.06 bits per heavy atom. The highest BCUT2D eigenvalue weighted by Gasteiger charge is 2.08. The van der Waals surface area contributed by atoms with Crippen molar-refractivity contribution < 1.29 is 4.79 Å². The molecule has 0 aliphatic carbocycles. The normalized spacial score (nSPS) is 11.8. The third-order valence-corrected chi connectivity index (χ3v) is 2.26. The molecule has 0 spiro atoms. The number of carbonyl (C=O) groups excluding carboxylic acids is 1. The number of aryl methyl sites for hydroxylation is 1. The van der Waals surface area contributed by atoms with Gasteiger partial charge in [-0.05, 0) is 6.42 Å². The van der Waals surface area contributed by atoms with Crippen molar-refractivity contribution in [3.05, 3.63) is 12.7 Å². The molecule has 16 heavy (non-hydrogen) atoms. The minimum Gasteiger partial charge on any atom is -0.352 e. The SMILES string of the molecule is C#CCC(CC)NC(=O)CCn1cncn1. The molecule has 1 atom stereocenters. The molecule has 1 N–H and O–H groups in total. The summed E-state index contributed by atoms with van der Waals surface area (Å²) >= 11 is 0. The van der Waals surface area contributed by atoms with Crippen molar-refractivity contribution in [2.24, 2.45) is 0 Å². The third-order valence-electron chi connectivity index (χ3n) is 2.26. The standard InChI is InChI=1S/C11H16N4O/c1-3-5-10(4-2)14-11(16)6-7-15-9-12-8-13-15/h1,8-10H,4-7H2,2H3,(H,14,16). The maximum atomic E-state index is 11.5. The Balaban J connectivity index is 2.27. The van der Waals surface area contributed by atoms with E-state index < -0.39 is 0 Å². The summed E-state index contributed by atoms with van der Waals surface area (Å²) < 4.78 is 1.63. The van der Waals surface area contributed by atoms with E-state index in [1.54, 1.807) is 11.0 Å². The van der Waals surface area contributed by atoms with Crippen molar-refractivity contribution in [1.29, 1.82) is 0 Å². The van der Waals surface area contributed by atoms with Crippen LogP contribution in [0.3, 0.4) is 0 Å². The van der Waals surface area contributed by atoms with Crippen LogP contribution in [0.4, 0.5) is 0 Å². The Hall–Kier alpha value is -1.83. The second kappa shape index (κ2) is 6.62. The maximum absolute atomic E-state index is 11.5. The van der Waals surface area contributed by atoms with Gasteiger partial charge in [-0.3, -0.25) is 9.48 Å². The monoisotopic (exact) mass is 220 g/mol. The van der Waals surface area contributed by atoms with Gasteiger partial charge in [-0.25, -0.2) is 4.98 Å². The highest BCUT2D eigenvalue weighted by atomic mass is 16.1. The topological polar surface area (TPSA) is 59.8 Å². The lowest BCUT2D eigenvalue weighted by Crippen LogP contribution is -2.34. The van der Waals surface area contributed by atoms with Gasteiger partial charge in [0, 0.05) is 18.9 Å². The first-order chi connectivity index (χ1) is 7.76. The Kier molecular flexibility index (Phi) is 5.06. The number of terminal acetylenes is 1. The molecule has 0 aliphatic rings. The highest BCUT2D eigenvalue weighted by molar-refractivity contribution is 5.76. The molecule has 0 fully saturated rings. The van der Waals surface area contributed by atoms with Crippen molar-refractivity contribution in [3.63, 3.8) is 0 Å². The van der Waals surface area contributed by atoms with Crippen LogP contribution in [0.2, 0.25) is 0 Å². The van der Waals surface area contributed by atoms with Gasteiger partial charge in [-0.1, -0.05) is 6.92 Å². The van der Waals surface area contributed by atoms with E-state index in [2.05, 4.69) is 21.3 Å². The number of rotatable bonds is 6. The van der Waals surface area contributed by atoms with Gasteiger partial charge >= 0.3 is 0 Å². The summed E-state index contributed by atoms with van der Waals surface area (Å²) in [4.78, 5) is 15.3. The third kappa shape index (κ3) is 4.13. The largest absolute Gasteiger partial charge is 0.352 e. The van der Waals surface area contributed by atoms with E-state index in [1.807, 2.05) is 6.92 Å². The molecule has 1 aromatic rings. The predicted octanol–water partition coefficient (Wildman–Crippen LogP) is 0.586. The van der Waals surface area contributed by atoms with Crippen molar-refractivity contribution in [2.45, 2.75) is 38.8 Å². The average molecular weight is 220 g/mol. The highest BCUT2D eigenvalue weighted by Crippen LogP contribution is 1.97. The van der Waals surface area contributed by atoms with Gasteiger partial charge in [0.1, 0.15) is 12.7 Å². The Morgan fingerprint density at radius 1 is 1.69 bits per heavy atom. The van der Waals surface area contributed by atoms with E-state index in [9.17, 15) is 4.79 Å². The Labute approximate surface area is 95.3 Å². The average Bonchev–Trinajstić information content (AvgIpc) is 2.78. The second-order valence-corrected chi connectivity index (χ2v) is 3.49. The van der Waals surface area contributed by atoms with Crippen molar-refractivity contribution in [1.82, 2.24) is 20.1 Å². The van der Waals surface area contributed by atoms with Gasteiger partial charge in [-0.2, -0.15) is 5.10 Å². The lowest BCUT2D eigenvalue weighted by Gasteiger charge is -2.13. The molecule has 0 radical (unpaired) electrons. The number of carbonyl (C=O) groups is 1. The number of nitrogens with one attached hydrogen (secondary N) is 1. The molecule has 0 aliphatic heterocycles. The molecule has 0 saturated carbocycles. The van der Waals surface area contributed by atoms with Crippen LogP contribution in [0.1, 0.15) is 26.2 Å². The minimum absolute atomic E-state index is 0.00222. The lowest BCUT2D eigenvalue weighted by atomic mass is 10.1. The van der Waals surface area contributed by atoms with Crippen LogP contribution in [0.5, 0.6) is 0 Å². The summed E-state index contributed by atoms with van der Waals surface area (Å²) in [6.45, 7) is 2.54. The lowest BCUT2D eigenvalue weighted by molar-refractivity contribution is -0.122. The molecule has 1 unspecified atom stereocenters. The van der Waals surface area contributed by atoms with Gasteiger partial charge in [0.2, 0.25) is 5.91 Å². The van der Waals surface area contributed by atoms with Gasteiger partial charge in [-0.15, -0.1) is 12.3 Å². The molecule has 1 heterocycles. The number of nitrogens with zero attached hydrogens (tertiary/aromatic N) is 3. The quantitative estimate of drug-likeness (QED) is 0.714. The van der Waals surface area contributed by atoms with Gasteiger partial charge < -0.3 is 5.32 Å². The summed E-state index contributed by atoms with van der Waals surface area (Å²) in [5.74, 6) is 2.55. The van der Waals surface area contributed by atoms with Gasteiger partial charge in [0.05, 0.1) is 6.54 Å². The smallest absolute Gasteiger partial charge is 0.222 e. The van der Waals surface area contributed by atoms with Crippen LogP contribution in [-0.4, -0.2) is 26.7 Å². The summed E-state index contributed by atoms with van der Waals surface area (Å²) in [6.07, 6.45) is 10.1. The van der Waals surface area contributed by atoms with E-state index in [-0.39, 0.29) is 11.9 Å². The van der Waals surface area contributed by atoms with Crippen LogP contribution in [0, 0.1) is 12.3 Å². The molecule has 1 rings (SSSR count). The molecule has 0 aromatic carbocycles. The van der Waals surface area contributed by atoms with Crippen molar-refractivity contribution in [2.75, 3.05) is 0 Å². The number of hydrogen-bond acceptors (Lipinski definition) is 3. The first-order valence-electron chi connectivity index (χ1n) is 5.31. The van der Waals surface area contributed by atoms with Crippen LogP contribution in [0.15, 0.2) is 12.7 Å². The zero-order valence-electron chi connectivity index (χ0n) is 9.39. The van der Waals surface area contributed by atoms with Crippen molar-refractivity contribution in [3.8, 4) is 12.3 Å². The summed E-state index contributed by atoms with van der Waals surface area (Å²) in [5, 5.41) is 6.80. The Morgan fingerprint density at radius 2 is 2.50 bits per heavy atom. The second-order valence-electron chi connectivity index (χ2n) is 3.49. The van der Waals surface area contributed by atoms with Crippen molar-refractivity contribution >= 4 is 5.91 Å². The van der Waals surface area contributed by atoms with Crippen LogP contribution < -0.4 is 5.32 Å². The molecular formula is C11H16N4O. The maximum Gasteiger partial charge on any atom is 0.222 e. The molecule has 0 saturated heterocycles. The zero-order valence-corrected chi connectivity index (χ0v) is 9.39. The predicted molar refractivity (Wildman–Crippen MR) is 60.3 cm³/mol. The summed E-state index contributed by atoms with van der Waals surface area (Å²) in [7, 11) is 0. The molecule has 0 bridgehead atoms. The Bertz CT molecular complexity index is 353. The van der Waals surface area contributed by atoms with E-state index in [4.69, 9.17) is 6.42 Å². The van der Waals surface area contributed by atoms with E-state index in [0.29, 0.717) is 19.4 Å². The molecule has 5 heteroatoms. The fourth-order valence-corrected chi connectivity index (χ4v) is 1.30. The van der Waals surface area contributed by atoms with Crippen LogP contribution >= 0.6 is 0 Å². The first-order valence-corrected chi connectivity index (χ1v) is 5.31. The molecule has 86 valence electrons. The number of amides is 1. The van der Waals surface area contributed by atoms with Crippen LogP contribution in [0.25, 0.3) is 0 Å². The van der Waals surface area contributed by atoms with Gasteiger partial charge in [0.15, 0.2) is 0 Å². The van der Waals surface area contributed by atoms with E-state index in [1.165, 1.54) is 6.33 Å². The van der Waals surface area contributed by atoms with Gasteiger partial charge in [0.25, 0.3) is 0 Å². The fourth-order valence-electron chi connectivity index (χ4n) is 1.30.